The predicted molar refractivity (Wildman–Crippen MR) is 70.7 cm³/mol. The summed E-state index contributed by atoms with van der Waals surface area (Å²) in [6.07, 6.45) is 3.24. The molecule has 0 saturated heterocycles. The number of nitrogens with zero attached hydrogens (tertiary/aromatic N) is 2. The fourth-order valence-electron chi connectivity index (χ4n) is 2.14. The molecular weight excluding hydrogens is 228 g/mol. The van der Waals surface area contributed by atoms with Crippen molar-refractivity contribution in [3.8, 4) is 0 Å². The number of hydrogen-bond donors (Lipinski definition) is 0. The van der Waals surface area contributed by atoms with E-state index in [-0.39, 0.29) is 5.78 Å². The van der Waals surface area contributed by atoms with E-state index in [4.69, 9.17) is 4.74 Å². The lowest BCUT2D eigenvalue weighted by molar-refractivity contribution is -0.0572. The minimum atomic E-state index is -0.436. The van der Waals surface area contributed by atoms with E-state index in [2.05, 4.69) is 23.8 Å². The Kier molecular flexibility index (Phi) is 4.96. The van der Waals surface area contributed by atoms with E-state index in [1.54, 1.807) is 6.20 Å². The molecule has 4 nitrogen and oxygen atoms in total. The van der Waals surface area contributed by atoms with Crippen LogP contribution in [0.15, 0.2) is 6.20 Å². The quantitative estimate of drug-likeness (QED) is 0.728. The third kappa shape index (κ3) is 2.75. The first-order valence-corrected chi connectivity index (χ1v) is 6.49. The number of rotatable bonds is 6. The highest BCUT2D eigenvalue weighted by Crippen LogP contribution is 2.30. The SMILES string of the molecule is CCOC(CC)(CC)c1ncc(C(C)=O)c(C)n1. The summed E-state index contributed by atoms with van der Waals surface area (Å²) in [5.74, 6) is 0.672. The highest BCUT2D eigenvalue weighted by Gasteiger charge is 2.32. The van der Waals surface area contributed by atoms with Gasteiger partial charge in [0.2, 0.25) is 0 Å². The molecule has 1 aromatic heterocycles. The number of aromatic nitrogens is 2. The minimum Gasteiger partial charge on any atom is -0.367 e. The van der Waals surface area contributed by atoms with Gasteiger partial charge in [0.05, 0.1) is 11.3 Å². The Bertz CT molecular complexity index is 426. The van der Waals surface area contributed by atoms with Gasteiger partial charge >= 0.3 is 0 Å². The first kappa shape index (κ1) is 14.8. The Hall–Kier alpha value is -1.29. The maximum atomic E-state index is 11.4. The summed E-state index contributed by atoms with van der Waals surface area (Å²) in [6, 6.07) is 0. The molecular formula is C14H22N2O2. The van der Waals surface area contributed by atoms with Crippen LogP contribution < -0.4 is 0 Å². The lowest BCUT2D eigenvalue weighted by Gasteiger charge is -2.30. The minimum absolute atomic E-state index is 0.00550. The zero-order valence-corrected chi connectivity index (χ0v) is 11.9. The Morgan fingerprint density at radius 1 is 1.33 bits per heavy atom. The molecule has 0 atom stereocenters. The van der Waals surface area contributed by atoms with Gasteiger partial charge in [-0.3, -0.25) is 4.79 Å². The number of Topliss-reactive ketones (excluding diaryl/α,β-unsaturated/α-hetero) is 1. The summed E-state index contributed by atoms with van der Waals surface area (Å²) in [6.45, 7) is 10.1. The van der Waals surface area contributed by atoms with Crippen LogP contribution in [-0.4, -0.2) is 22.4 Å². The van der Waals surface area contributed by atoms with E-state index in [0.29, 0.717) is 18.0 Å². The molecule has 0 saturated carbocycles. The molecule has 0 aliphatic heterocycles. The summed E-state index contributed by atoms with van der Waals surface area (Å²) in [7, 11) is 0. The van der Waals surface area contributed by atoms with Crippen LogP contribution in [0.2, 0.25) is 0 Å². The maximum absolute atomic E-state index is 11.4. The normalized spacial score (nSPS) is 11.6. The molecule has 100 valence electrons. The van der Waals surface area contributed by atoms with Crippen molar-refractivity contribution in [2.75, 3.05) is 6.61 Å². The second-order valence-corrected chi connectivity index (χ2v) is 4.38. The molecule has 18 heavy (non-hydrogen) atoms. The number of ketones is 1. The van der Waals surface area contributed by atoms with E-state index in [1.165, 1.54) is 6.92 Å². The van der Waals surface area contributed by atoms with Crippen molar-refractivity contribution in [2.45, 2.75) is 53.1 Å². The zero-order chi connectivity index (χ0) is 13.8. The third-order valence-electron chi connectivity index (χ3n) is 3.33. The molecule has 0 spiro atoms. The van der Waals surface area contributed by atoms with Crippen molar-refractivity contribution >= 4 is 5.78 Å². The molecule has 0 aromatic carbocycles. The average Bonchev–Trinajstić information content (AvgIpc) is 2.35. The molecule has 0 aliphatic rings. The lowest BCUT2D eigenvalue weighted by atomic mass is 9.95. The second kappa shape index (κ2) is 6.05. The summed E-state index contributed by atoms with van der Waals surface area (Å²) >= 11 is 0. The van der Waals surface area contributed by atoms with Gasteiger partial charge in [0, 0.05) is 12.8 Å². The fraction of sp³-hybridized carbons (Fsp3) is 0.643. The molecule has 0 aliphatic carbocycles. The van der Waals surface area contributed by atoms with Crippen molar-refractivity contribution < 1.29 is 9.53 Å². The van der Waals surface area contributed by atoms with Crippen molar-refractivity contribution in [1.29, 1.82) is 0 Å². The second-order valence-electron chi connectivity index (χ2n) is 4.38. The van der Waals surface area contributed by atoms with Crippen LogP contribution in [0.3, 0.4) is 0 Å². The number of hydrogen-bond acceptors (Lipinski definition) is 4. The third-order valence-corrected chi connectivity index (χ3v) is 3.33. The first-order valence-electron chi connectivity index (χ1n) is 6.49. The summed E-state index contributed by atoms with van der Waals surface area (Å²) in [5.41, 5.74) is 0.865. The first-order chi connectivity index (χ1) is 8.50. The number of aryl methyl sites for hydroxylation is 1. The topological polar surface area (TPSA) is 52.1 Å². The zero-order valence-electron chi connectivity index (χ0n) is 11.9. The van der Waals surface area contributed by atoms with Crippen LogP contribution >= 0.6 is 0 Å². The number of carbonyl (C=O) groups is 1. The summed E-state index contributed by atoms with van der Waals surface area (Å²) < 4.78 is 5.86. The van der Waals surface area contributed by atoms with Gasteiger partial charge in [-0.15, -0.1) is 0 Å². The van der Waals surface area contributed by atoms with Gasteiger partial charge in [-0.25, -0.2) is 9.97 Å². The van der Waals surface area contributed by atoms with Gasteiger partial charge in [0.25, 0.3) is 0 Å². The molecule has 4 heteroatoms. The van der Waals surface area contributed by atoms with Crippen LogP contribution in [0.1, 0.15) is 62.4 Å². The molecule has 1 heterocycles. The van der Waals surface area contributed by atoms with Gasteiger partial charge in [-0.05, 0) is 33.6 Å². The standard InChI is InChI=1S/C14H22N2O2/c1-6-14(7-2,18-8-3)13-15-9-12(11(5)17)10(4)16-13/h9H,6-8H2,1-5H3. The summed E-state index contributed by atoms with van der Waals surface area (Å²) in [4.78, 5) is 20.2. The van der Waals surface area contributed by atoms with E-state index in [9.17, 15) is 4.79 Å². The Morgan fingerprint density at radius 2 is 1.94 bits per heavy atom. The van der Waals surface area contributed by atoms with Crippen LogP contribution in [0.4, 0.5) is 0 Å². The van der Waals surface area contributed by atoms with E-state index >= 15 is 0 Å². The molecule has 0 amide bonds. The predicted octanol–water partition coefficient (Wildman–Crippen LogP) is 3.04. The average molecular weight is 250 g/mol. The molecule has 1 aromatic rings. The van der Waals surface area contributed by atoms with Crippen molar-refractivity contribution in [1.82, 2.24) is 9.97 Å². The van der Waals surface area contributed by atoms with Crippen LogP contribution in [-0.2, 0) is 10.3 Å². The van der Waals surface area contributed by atoms with Gasteiger partial charge in [0.15, 0.2) is 11.6 Å². The van der Waals surface area contributed by atoms with E-state index < -0.39 is 5.60 Å². The molecule has 0 fully saturated rings. The Balaban J connectivity index is 3.22. The van der Waals surface area contributed by atoms with Crippen molar-refractivity contribution in [3.63, 3.8) is 0 Å². The van der Waals surface area contributed by atoms with Gasteiger partial charge in [0.1, 0.15) is 5.60 Å². The molecule has 0 unspecified atom stereocenters. The van der Waals surface area contributed by atoms with Gasteiger partial charge in [-0.1, -0.05) is 13.8 Å². The highest BCUT2D eigenvalue weighted by atomic mass is 16.5. The Morgan fingerprint density at radius 3 is 2.33 bits per heavy atom. The van der Waals surface area contributed by atoms with Crippen molar-refractivity contribution in [3.05, 3.63) is 23.3 Å². The molecule has 1 rings (SSSR count). The maximum Gasteiger partial charge on any atom is 0.163 e. The van der Waals surface area contributed by atoms with Crippen molar-refractivity contribution in [2.24, 2.45) is 0 Å². The van der Waals surface area contributed by atoms with E-state index in [1.807, 2.05) is 13.8 Å². The monoisotopic (exact) mass is 250 g/mol. The van der Waals surface area contributed by atoms with Crippen LogP contribution in [0, 0.1) is 6.92 Å². The lowest BCUT2D eigenvalue weighted by Crippen LogP contribution is -2.31. The van der Waals surface area contributed by atoms with E-state index in [0.717, 1.165) is 18.5 Å². The van der Waals surface area contributed by atoms with Gasteiger partial charge < -0.3 is 4.74 Å². The van der Waals surface area contributed by atoms with Crippen LogP contribution in [0.5, 0.6) is 0 Å². The smallest absolute Gasteiger partial charge is 0.163 e. The fourth-order valence-corrected chi connectivity index (χ4v) is 2.14. The number of ether oxygens (including phenoxy) is 1. The Labute approximate surface area is 109 Å². The molecule has 0 N–H and O–H groups in total. The molecule has 0 radical (unpaired) electrons. The molecule has 0 bridgehead atoms. The summed E-state index contributed by atoms with van der Waals surface area (Å²) in [5, 5.41) is 0. The highest BCUT2D eigenvalue weighted by molar-refractivity contribution is 5.94. The van der Waals surface area contributed by atoms with Gasteiger partial charge in [-0.2, -0.15) is 0 Å². The number of carbonyl (C=O) groups excluding carboxylic acids is 1. The van der Waals surface area contributed by atoms with Crippen LogP contribution in [0.25, 0.3) is 0 Å². The largest absolute Gasteiger partial charge is 0.367 e.